The van der Waals surface area contributed by atoms with Gasteiger partial charge < -0.3 is 21.8 Å². The number of aromatic nitrogens is 1. The van der Waals surface area contributed by atoms with Gasteiger partial charge in [0.25, 0.3) is 11.6 Å². The number of nitro groups is 1. The molecule has 0 atom stereocenters. The maximum absolute atomic E-state index is 12.5. The molecular weight excluding hydrogens is 362 g/mol. The van der Waals surface area contributed by atoms with E-state index in [0.717, 1.165) is 5.56 Å². The van der Waals surface area contributed by atoms with Gasteiger partial charge in [-0.15, -0.1) is 5.10 Å². The number of anilines is 1. The van der Waals surface area contributed by atoms with Gasteiger partial charge in [-0.3, -0.25) is 14.9 Å². The zero-order valence-electron chi connectivity index (χ0n) is 14.8. The third kappa shape index (κ3) is 3.96. The number of carbonyl (C=O) groups is 1. The van der Waals surface area contributed by atoms with Gasteiger partial charge in [0, 0.05) is 17.1 Å². The van der Waals surface area contributed by atoms with Crippen LogP contribution in [0.25, 0.3) is 10.9 Å². The zero-order chi connectivity index (χ0) is 20.3. The van der Waals surface area contributed by atoms with Gasteiger partial charge in [0.15, 0.2) is 0 Å². The van der Waals surface area contributed by atoms with E-state index in [0.29, 0.717) is 22.3 Å². The molecule has 1 amide bonds. The van der Waals surface area contributed by atoms with Crippen LogP contribution in [-0.2, 0) is 0 Å². The van der Waals surface area contributed by atoms with Gasteiger partial charge in [0.2, 0.25) is 5.96 Å². The van der Waals surface area contributed by atoms with Crippen LogP contribution >= 0.6 is 0 Å². The van der Waals surface area contributed by atoms with Crippen molar-refractivity contribution in [1.29, 1.82) is 0 Å². The van der Waals surface area contributed by atoms with E-state index in [2.05, 4.69) is 20.5 Å². The number of amides is 1. The fraction of sp³-hybridized carbons (Fsp3) is 0.0556. The lowest BCUT2D eigenvalue weighted by molar-refractivity contribution is -0.383. The smallest absolute Gasteiger partial charge is 0.293 e. The standard InChI is InChI=1S/C18H17N7O3/c1-10(23-24-18(19)20)11-5-7-13(8-6-11)21-17(26)14-9-12-3-2-4-15(25(27)28)16(12)22-14/h2-9,22H,1H3,(H,21,26)(H4,19,20,24)/b23-10-. The van der Waals surface area contributed by atoms with Crippen LogP contribution in [0.15, 0.2) is 58.7 Å². The number of benzene rings is 2. The highest BCUT2D eigenvalue weighted by molar-refractivity contribution is 6.07. The van der Waals surface area contributed by atoms with Crippen LogP contribution in [0.1, 0.15) is 23.0 Å². The number of hydrogen-bond donors (Lipinski definition) is 4. The first-order chi connectivity index (χ1) is 13.3. The number of carbonyl (C=O) groups excluding carboxylic acids is 1. The van der Waals surface area contributed by atoms with Crippen molar-refractivity contribution < 1.29 is 9.72 Å². The van der Waals surface area contributed by atoms with Gasteiger partial charge in [-0.1, -0.05) is 24.3 Å². The molecule has 0 radical (unpaired) electrons. The zero-order valence-corrected chi connectivity index (χ0v) is 14.8. The molecule has 142 valence electrons. The Hall–Kier alpha value is -4.21. The van der Waals surface area contributed by atoms with Crippen LogP contribution in [0.3, 0.4) is 0 Å². The topological polar surface area (TPSA) is 165 Å². The Kier molecular flexibility index (Phi) is 5.03. The molecule has 2 aromatic carbocycles. The molecule has 0 fully saturated rings. The van der Waals surface area contributed by atoms with Crippen molar-refractivity contribution in [2.24, 2.45) is 21.7 Å². The van der Waals surface area contributed by atoms with E-state index in [4.69, 9.17) is 11.5 Å². The second kappa shape index (κ2) is 7.58. The highest BCUT2D eigenvalue weighted by atomic mass is 16.6. The van der Waals surface area contributed by atoms with Crippen LogP contribution in [0, 0.1) is 10.1 Å². The number of hydrogen-bond acceptors (Lipinski definition) is 5. The van der Waals surface area contributed by atoms with Crippen LogP contribution in [0.4, 0.5) is 11.4 Å². The number of fused-ring (bicyclic) bond motifs is 1. The van der Waals surface area contributed by atoms with E-state index in [1.807, 2.05) is 0 Å². The summed E-state index contributed by atoms with van der Waals surface area (Å²) in [5, 5.41) is 21.9. The molecule has 0 aliphatic rings. The molecular formula is C18H17N7O3. The fourth-order valence-electron chi connectivity index (χ4n) is 2.60. The maximum Gasteiger partial charge on any atom is 0.293 e. The minimum atomic E-state index is -0.495. The predicted molar refractivity (Wildman–Crippen MR) is 107 cm³/mol. The lowest BCUT2D eigenvalue weighted by Gasteiger charge is -2.05. The van der Waals surface area contributed by atoms with Crippen molar-refractivity contribution in [3.8, 4) is 0 Å². The minimum absolute atomic E-state index is 0.0866. The Morgan fingerprint density at radius 1 is 1.14 bits per heavy atom. The number of aromatic amines is 1. The quantitative estimate of drug-likeness (QED) is 0.231. The lowest BCUT2D eigenvalue weighted by atomic mass is 10.1. The Balaban J connectivity index is 1.79. The second-order valence-electron chi connectivity index (χ2n) is 5.92. The van der Waals surface area contributed by atoms with Crippen molar-refractivity contribution in [2.75, 3.05) is 5.32 Å². The highest BCUT2D eigenvalue weighted by Crippen LogP contribution is 2.25. The average Bonchev–Trinajstić information content (AvgIpc) is 3.11. The number of non-ortho nitro benzene ring substituents is 1. The van der Waals surface area contributed by atoms with Crippen LogP contribution < -0.4 is 16.8 Å². The molecule has 0 saturated heterocycles. The first-order valence-electron chi connectivity index (χ1n) is 8.16. The normalized spacial score (nSPS) is 11.2. The van der Waals surface area contributed by atoms with Gasteiger partial charge in [0.1, 0.15) is 11.2 Å². The summed E-state index contributed by atoms with van der Waals surface area (Å²) >= 11 is 0. The van der Waals surface area contributed by atoms with Crippen molar-refractivity contribution in [1.82, 2.24) is 4.98 Å². The number of nitrogens with zero attached hydrogens (tertiary/aromatic N) is 3. The third-order valence-corrected chi connectivity index (χ3v) is 3.95. The summed E-state index contributed by atoms with van der Waals surface area (Å²) in [4.78, 5) is 25.9. The van der Waals surface area contributed by atoms with Crippen LogP contribution in [0.5, 0.6) is 0 Å². The monoisotopic (exact) mass is 379 g/mol. The number of nitro benzene ring substituents is 1. The molecule has 3 aromatic rings. The second-order valence-corrected chi connectivity index (χ2v) is 5.92. The molecule has 0 bridgehead atoms. The summed E-state index contributed by atoms with van der Waals surface area (Å²) in [5.74, 6) is -0.550. The number of nitrogens with one attached hydrogen (secondary N) is 2. The van der Waals surface area contributed by atoms with Crippen molar-refractivity contribution in [3.63, 3.8) is 0 Å². The molecule has 0 unspecified atom stereocenters. The summed E-state index contributed by atoms with van der Waals surface area (Å²) in [6.07, 6.45) is 0. The number of nitrogens with two attached hydrogens (primary N) is 2. The van der Waals surface area contributed by atoms with Gasteiger partial charge in [-0.25, -0.2) is 0 Å². The van der Waals surface area contributed by atoms with E-state index in [1.165, 1.54) is 6.07 Å². The Morgan fingerprint density at radius 3 is 2.50 bits per heavy atom. The van der Waals surface area contributed by atoms with Gasteiger partial charge in [-0.05, 0) is 30.7 Å². The number of guanidine groups is 1. The van der Waals surface area contributed by atoms with E-state index in [1.54, 1.807) is 49.4 Å². The summed E-state index contributed by atoms with van der Waals surface area (Å²) in [5.41, 5.74) is 12.9. The first-order valence-corrected chi connectivity index (χ1v) is 8.16. The van der Waals surface area contributed by atoms with E-state index in [9.17, 15) is 14.9 Å². The molecule has 6 N–H and O–H groups in total. The Bertz CT molecular complexity index is 1110. The van der Waals surface area contributed by atoms with Crippen molar-refractivity contribution >= 4 is 39.9 Å². The first kappa shape index (κ1) is 18.6. The Morgan fingerprint density at radius 2 is 1.86 bits per heavy atom. The van der Waals surface area contributed by atoms with Gasteiger partial charge >= 0.3 is 0 Å². The van der Waals surface area contributed by atoms with Crippen molar-refractivity contribution in [3.05, 3.63) is 69.9 Å². The third-order valence-electron chi connectivity index (χ3n) is 3.95. The minimum Gasteiger partial charge on any atom is -0.369 e. The van der Waals surface area contributed by atoms with Crippen LogP contribution in [0.2, 0.25) is 0 Å². The molecule has 0 aliphatic carbocycles. The number of H-pyrrole nitrogens is 1. The SMILES string of the molecule is C/C(=N/N=C(N)N)c1ccc(NC(=O)c2cc3cccc([N+](=O)[O-])c3[nH]2)cc1. The highest BCUT2D eigenvalue weighted by Gasteiger charge is 2.17. The van der Waals surface area contributed by atoms with Gasteiger partial charge in [0.05, 0.1) is 10.6 Å². The molecule has 0 spiro atoms. The summed E-state index contributed by atoms with van der Waals surface area (Å²) in [7, 11) is 0. The Labute approximate surface area is 159 Å². The molecule has 10 nitrogen and oxygen atoms in total. The molecule has 28 heavy (non-hydrogen) atoms. The fourth-order valence-corrected chi connectivity index (χ4v) is 2.60. The molecule has 3 rings (SSSR count). The van der Waals surface area contributed by atoms with E-state index < -0.39 is 10.8 Å². The van der Waals surface area contributed by atoms with Crippen LogP contribution in [-0.4, -0.2) is 27.5 Å². The van der Waals surface area contributed by atoms with Crippen molar-refractivity contribution in [2.45, 2.75) is 6.92 Å². The summed E-state index contributed by atoms with van der Waals surface area (Å²) in [6.45, 7) is 1.75. The molecule has 0 aliphatic heterocycles. The van der Waals surface area contributed by atoms with Gasteiger partial charge in [-0.2, -0.15) is 5.10 Å². The number of rotatable bonds is 5. The van der Waals surface area contributed by atoms with E-state index >= 15 is 0 Å². The summed E-state index contributed by atoms with van der Waals surface area (Å²) < 4.78 is 0. The predicted octanol–water partition coefficient (Wildman–Crippen LogP) is 2.33. The average molecular weight is 379 g/mol. The molecule has 1 heterocycles. The number of para-hydroxylation sites is 1. The summed E-state index contributed by atoms with van der Waals surface area (Å²) in [6, 6.07) is 13.1. The van der Waals surface area contributed by atoms with E-state index in [-0.39, 0.29) is 17.3 Å². The molecule has 0 saturated carbocycles. The largest absolute Gasteiger partial charge is 0.369 e. The lowest BCUT2D eigenvalue weighted by Crippen LogP contribution is -2.22. The molecule has 10 heteroatoms. The maximum atomic E-state index is 12.5. The molecule has 1 aromatic heterocycles.